The topological polar surface area (TPSA) is 42.4 Å². The van der Waals surface area contributed by atoms with Gasteiger partial charge in [-0.25, -0.2) is 4.98 Å². The van der Waals surface area contributed by atoms with Crippen molar-refractivity contribution in [1.82, 2.24) is 9.88 Å². The molecule has 4 nitrogen and oxygen atoms in total. The first-order valence-electron chi connectivity index (χ1n) is 6.02. The number of unbranched alkanes of at least 4 members (excludes halogenated alkanes) is 1. The number of hydrogen-bond acceptors (Lipinski definition) is 3. The number of carbonyl (C=O) groups is 1. The van der Waals surface area contributed by atoms with E-state index in [-0.39, 0.29) is 5.91 Å². The normalized spacial score (nSPS) is 10.1. The van der Waals surface area contributed by atoms with E-state index < -0.39 is 0 Å². The van der Waals surface area contributed by atoms with Crippen molar-refractivity contribution in [3.8, 4) is 5.88 Å². The van der Waals surface area contributed by atoms with Crippen LogP contribution in [-0.4, -0.2) is 36.0 Å². The number of pyridine rings is 1. The third kappa shape index (κ3) is 3.44. The van der Waals surface area contributed by atoms with Crippen molar-refractivity contribution < 1.29 is 9.53 Å². The summed E-state index contributed by atoms with van der Waals surface area (Å²) in [4.78, 5) is 18.1. The van der Waals surface area contributed by atoms with E-state index in [1.165, 1.54) is 7.11 Å². The van der Waals surface area contributed by atoms with Gasteiger partial charge in [0.2, 0.25) is 5.88 Å². The summed E-state index contributed by atoms with van der Waals surface area (Å²) in [7, 11) is 1.53. The lowest BCUT2D eigenvalue weighted by Gasteiger charge is -2.21. The molecule has 1 rings (SSSR count). The van der Waals surface area contributed by atoms with Gasteiger partial charge in [-0.2, -0.15) is 0 Å². The van der Waals surface area contributed by atoms with E-state index in [9.17, 15) is 4.79 Å². The monoisotopic (exact) mass is 236 g/mol. The van der Waals surface area contributed by atoms with E-state index in [2.05, 4.69) is 11.9 Å². The zero-order valence-electron chi connectivity index (χ0n) is 10.8. The van der Waals surface area contributed by atoms with Gasteiger partial charge >= 0.3 is 0 Å². The lowest BCUT2D eigenvalue weighted by atomic mass is 10.2. The molecule has 0 radical (unpaired) electrons. The second kappa shape index (κ2) is 6.89. The highest BCUT2D eigenvalue weighted by atomic mass is 16.5. The second-order valence-electron chi connectivity index (χ2n) is 3.80. The van der Waals surface area contributed by atoms with Gasteiger partial charge in [-0.05, 0) is 25.5 Å². The first-order chi connectivity index (χ1) is 8.24. The average Bonchev–Trinajstić information content (AvgIpc) is 2.39. The molecule has 0 saturated carbocycles. The molecular weight excluding hydrogens is 216 g/mol. The molecule has 0 N–H and O–H groups in total. The summed E-state index contributed by atoms with van der Waals surface area (Å²) < 4.78 is 5.11. The lowest BCUT2D eigenvalue weighted by Crippen LogP contribution is -2.32. The van der Waals surface area contributed by atoms with E-state index in [0.717, 1.165) is 19.4 Å². The molecule has 1 amide bonds. The Kier molecular flexibility index (Phi) is 5.46. The van der Waals surface area contributed by atoms with Crippen LogP contribution in [-0.2, 0) is 0 Å². The van der Waals surface area contributed by atoms with Crippen LogP contribution >= 0.6 is 0 Å². The maximum absolute atomic E-state index is 12.3. The molecule has 0 aliphatic rings. The van der Waals surface area contributed by atoms with E-state index >= 15 is 0 Å². The maximum Gasteiger partial charge on any atom is 0.259 e. The zero-order valence-corrected chi connectivity index (χ0v) is 10.8. The van der Waals surface area contributed by atoms with Gasteiger partial charge in [0.15, 0.2) is 0 Å². The molecule has 0 atom stereocenters. The second-order valence-corrected chi connectivity index (χ2v) is 3.80. The minimum Gasteiger partial charge on any atom is -0.480 e. The predicted molar refractivity (Wildman–Crippen MR) is 67.3 cm³/mol. The van der Waals surface area contributed by atoms with Crippen molar-refractivity contribution in [3.63, 3.8) is 0 Å². The Bertz CT molecular complexity index is 366. The zero-order chi connectivity index (χ0) is 12.7. The molecule has 0 saturated heterocycles. The van der Waals surface area contributed by atoms with Crippen molar-refractivity contribution in [1.29, 1.82) is 0 Å². The molecule has 0 aliphatic carbocycles. The number of aromatic nitrogens is 1. The largest absolute Gasteiger partial charge is 0.480 e. The average molecular weight is 236 g/mol. The number of amides is 1. The first kappa shape index (κ1) is 13.5. The molecule has 0 aromatic carbocycles. The molecule has 94 valence electrons. The van der Waals surface area contributed by atoms with E-state index in [1.807, 2.05) is 11.8 Å². The van der Waals surface area contributed by atoms with Crippen LogP contribution in [0.2, 0.25) is 0 Å². The Morgan fingerprint density at radius 3 is 2.82 bits per heavy atom. The molecule has 4 heteroatoms. The Labute approximate surface area is 103 Å². The molecule has 0 spiro atoms. The molecule has 1 heterocycles. The van der Waals surface area contributed by atoms with Gasteiger partial charge in [0.25, 0.3) is 5.91 Å². The molecule has 17 heavy (non-hydrogen) atoms. The van der Waals surface area contributed by atoms with Crippen molar-refractivity contribution >= 4 is 5.91 Å². The van der Waals surface area contributed by atoms with Crippen molar-refractivity contribution in [2.75, 3.05) is 20.2 Å². The van der Waals surface area contributed by atoms with E-state index in [0.29, 0.717) is 18.0 Å². The molecule has 0 unspecified atom stereocenters. The summed E-state index contributed by atoms with van der Waals surface area (Å²) in [6.45, 7) is 5.58. The van der Waals surface area contributed by atoms with Crippen LogP contribution in [0.25, 0.3) is 0 Å². The van der Waals surface area contributed by atoms with Crippen LogP contribution in [0.3, 0.4) is 0 Å². The number of methoxy groups -OCH3 is 1. The SMILES string of the molecule is CCCCN(CC)C(=O)c1cccnc1OC. The molecule has 1 aromatic heterocycles. The Balaban J connectivity index is 2.85. The van der Waals surface area contributed by atoms with Crippen LogP contribution in [0.15, 0.2) is 18.3 Å². The highest BCUT2D eigenvalue weighted by molar-refractivity contribution is 5.96. The van der Waals surface area contributed by atoms with Gasteiger partial charge in [0, 0.05) is 19.3 Å². The number of ether oxygens (including phenoxy) is 1. The highest BCUT2D eigenvalue weighted by Gasteiger charge is 2.18. The maximum atomic E-state index is 12.3. The molecular formula is C13H20N2O2. The fraction of sp³-hybridized carbons (Fsp3) is 0.538. The summed E-state index contributed by atoms with van der Waals surface area (Å²) in [6.07, 6.45) is 3.72. The molecule has 0 bridgehead atoms. The molecule has 1 aromatic rings. The van der Waals surface area contributed by atoms with Crippen molar-refractivity contribution in [3.05, 3.63) is 23.9 Å². The Morgan fingerprint density at radius 2 is 2.24 bits per heavy atom. The minimum atomic E-state index is -0.00843. The number of hydrogen-bond donors (Lipinski definition) is 0. The van der Waals surface area contributed by atoms with Gasteiger partial charge in [-0.3, -0.25) is 4.79 Å². The van der Waals surface area contributed by atoms with Gasteiger partial charge in [-0.15, -0.1) is 0 Å². The predicted octanol–water partition coefficient (Wildman–Crippen LogP) is 2.35. The van der Waals surface area contributed by atoms with Gasteiger partial charge in [0.05, 0.1) is 7.11 Å². The van der Waals surface area contributed by atoms with Crippen LogP contribution in [0.5, 0.6) is 5.88 Å². The smallest absolute Gasteiger partial charge is 0.259 e. The van der Waals surface area contributed by atoms with Gasteiger partial charge in [0.1, 0.15) is 5.56 Å². The number of nitrogens with zero attached hydrogens (tertiary/aromatic N) is 2. The summed E-state index contributed by atoms with van der Waals surface area (Å²) in [5, 5.41) is 0. The third-order valence-corrected chi connectivity index (χ3v) is 2.65. The lowest BCUT2D eigenvalue weighted by molar-refractivity contribution is 0.0758. The van der Waals surface area contributed by atoms with E-state index in [1.54, 1.807) is 18.3 Å². The summed E-state index contributed by atoms with van der Waals surface area (Å²) in [5.41, 5.74) is 0.535. The summed E-state index contributed by atoms with van der Waals surface area (Å²) in [5.74, 6) is 0.387. The first-order valence-corrected chi connectivity index (χ1v) is 6.02. The van der Waals surface area contributed by atoms with Crippen LogP contribution in [0, 0.1) is 0 Å². The van der Waals surface area contributed by atoms with Crippen molar-refractivity contribution in [2.24, 2.45) is 0 Å². The standard InChI is InChI=1S/C13H20N2O2/c1-4-6-10-15(5-2)13(16)11-8-7-9-14-12(11)17-3/h7-9H,4-6,10H2,1-3H3. The fourth-order valence-corrected chi connectivity index (χ4v) is 1.64. The van der Waals surface area contributed by atoms with Gasteiger partial charge in [-0.1, -0.05) is 13.3 Å². The third-order valence-electron chi connectivity index (χ3n) is 2.65. The Morgan fingerprint density at radius 1 is 1.47 bits per heavy atom. The highest BCUT2D eigenvalue weighted by Crippen LogP contribution is 2.16. The summed E-state index contributed by atoms with van der Waals surface area (Å²) in [6, 6.07) is 3.51. The quantitative estimate of drug-likeness (QED) is 0.761. The van der Waals surface area contributed by atoms with Crippen LogP contribution < -0.4 is 4.74 Å². The fourth-order valence-electron chi connectivity index (χ4n) is 1.64. The van der Waals surface area contributed by atoms with Crippen LogP contribution in [0.4, 0.5) is 0 Å². The Hall–Kier alpha value is -1.58. The number of carbonyl (C=O) groups excluding carboxylic acids is 1. The minimum absolute atomic E-state index is 0.00843. The molecule has 0 fully saturated rings. The van der Waals surface area contributed by atoms with Gasteiger partial charge < -0.3 is 9.64 Å². The number of rotatable bonds is 6. The van der Waals surface area contributed by atoms with Crippen LogP contribution in [0.1, 0.15) is 37.0 Å². The van der Waals surface area contributed by atoms with Crippen molar-refractivity contribution in [2.45, 2.75) is 26.7 Å². The molecule has 0 aliphatic heterocycles. The van der Waals surface area contributed by atoms with E-state index in [4.69, 9.17) is 4.74 Å². The summed E-state index contributed by atoms with van der Waals surface area (Å²) >= 11 is 0.